The second-order valence-corrected chi connectivity index (χ2v) is 6.85. The van der Waals surface area contributed by atoms with Crippen molar-refractivity contribution < 1.29 is 22.8 Å². The van der Waals surface area contributed by atoms with Crippen molar-refractivity contribution in [1.29, 1.82) is 0 Å². The van der Waals surface area contributed by atoms with Crippen LogP contribution in [0.3, 0.4) is 0 Å². The van der Waals surface area contributed by atoms with E-state index in [0.29, 0.717) is 17.5 Å². The summed E-state index contributed by atoms with van der Waals surface area (Å²) in [6, 6.07) is 7.36. The largest absolute Gasteiger partial charge is 0.467 e. The van der Waals surface area contributed by atoms with Crippen molar-refractivity contribution in [2.24, 2.45) is 0 Å². The van der Waals surface area contributed by atoms with Crippen LogP contribution in [0.2, 0.25) is 0 Å². The van der Waals surface area contributed by atoms with Gasteiger partial charge in [0.1, 0.15) is 23.7 Å². The first-order chi connectivity index (χ1) is 14.8. The van der Waals surface area contributed by atoms with E-state index >= 15 is 0 Å². The number of amides is 2. The smallest absolute Gasteiger partial charge is 0.257 e. The number of hydrogen-bond donors (Lipinski definition) is 1. The number of aromatic nitrogens is 3. The van der Waals surface area contributed by atoms with Gasteiger partial charge in [0.2, 0.25) is 0 Å². The highest BCUT2D eigenvalue weighted by Gasteiger charge is 2.25. The van der Waals surface area contributed by atoms with Crippen molar-refractivity contribution >= 4 is 23.1 Å². The third kappa shape index (κ3) is 3.87. The Morgan fingerprint density at radius 1 is 1.19 bits per heavy atom. The van der Waals surface area contributed by atoms with Crippen LogP contribution in [-0.4, -0.2) is 38.4 Å². The maximum atomic E-state index is 14.4. The number of nitrogens with one attached hydrogen (secondary N) is 1. The summed E-state index contributed by atoms with van der Waals surface area (Å²) in [7, 11) is 1.48. The van der Waals surface area contributed by atoms with Gasteiger partial charge >= 0.3 is 0 Å². The Balaban J connectivity index is 1.59. The molecule has 0 spiro atoms. The number of hydrogen-bond acceptors (Lipinski definition) is 5. The third-order valence-electron chi connectivity index (χ3n) is 4.93. The van der Waals surface area contributed by atoms with Crippen molar-refractivity contribution in [2.75, 3.05) is 12.4 Å². The van der Waals surface area contributed by atoms with Gasteiger partial charge in [0, 0.05) is 24.9 Å². The average Bonchev–Trinajstić information content (AvgIpc) is 3.45. The van der Waals surface area contributed by atoms with Crippen LogP contribution < -0.4 is 5.32 Å². The van der Waals surface area contributed by atoms with Crippen LogP contribution in [0.5, 0.6) is 0 Å². The molecule has 0 aliphatic heterocycles. The maximum Gasteiger partial charge on any atom is 0.257 e. The van der Waals surface area contributed by atoms with Crippen molar-refractivity contribution in [1.82, 2.24) is 19.5 Å². The van der Waals surface area contributed by atoms with Crippen molar-refractivity contribution in [3.05, 3.63) is 83.7 Å². The van der Waals surface area contributed by atoms with E-state index in [1.807, 2.05) is 0 Å². The number of anilines is 1. The van der Waals surface area contributed by atoms with Crippen LogP contribution in [0.25, 0.3) is 5.65 Å². The molecule has 0 saturated carbocycles. The van der Waals surface area contributed by atoms with Crippen molar-refractivity contribution in [3.8, 4) is 0 Å². The second kappa shape index (κ2) is 7.98. The number of furan rings is 1. The lowest BCUT2D eigenvalue weighted by molar-refractivity contribution is 0.0721. The minimum absolute atomic E-state index is 0.195. The number of pyridine rings is 1. The van der Waals surface area contributed by atoms with Gasteiger partial charge in [-0.2, -0.15) is 5.10 Å². The summed E-state index contributed by atoms with van der Waals surface area (Å²) < 4.78 is 35.5. The molecule has 0 aliphatic carbocycles. The highest BCUT2D eigenvalue weighted by Crippen LogP contribution is 2.25. The van der Waals surface area contributed by atoms with Crippen molar-refractivity contribution in [2.45, 2.75) is 13.0 Å². The normalized spacial score (nSPS) is 12.0. The Hall–Kier alpha value is -4.08. The molecule has 1 N–H and O–H groups in total. The summed E-state index contributed by atoms with van der Waals surface area (Å²) >= 11 is 0. The first-order valence-corrected chi connectivity index (χ1v) is 9.25. The maximum absolute atomic E-state index is 14.4. The van der Waals surface area contributed by atoms with E-state index in [9.17, 15) is 18.4 Å². The summed E-state index contributed by atoms with van der Waals surface area (Å²) in [5, 5.41) is 6.30. The second-order valence-electron chi connectivity index (χ2n) is 6.85. The molecule has 0 aliphatic rings. The summed E-state index contributed by atoms with van der Waals surface area (Å²) in [5.74, 6) is -2.87. The molecule has 158 valence electrons. The molecule has 8 nitrogen and oxygen atoms in total. The topological polar surface area (TPSA) is 92.7 Å². The quantitative estimate of drug-likeness (QED) is 0.527. The lowest BCUT2D eigenvalue weighted by Gasteiger charge is -2.24. The summed E-state index contributed by atoms with van der Waals surface area (Å²) in [6.07, 6.45) is 4.32. The van der Waals surface area contributed by atoms with E-state index in [4.69, 9.17) is 4.42 Å². The standard InChI is InChI=1S/C21H17F2N5O3/c1-12(18-4-3-7-31-18)27(2)21(30)14-9-17(16(23)10-15(14)22)26-20(29)13-5-6-28-19(8-13)24-11-25-28/h3-12H,1-2H3,(H,26,29). The Kier molecular flexibility index (Phi) is 5.20. The zero-order valence-electron chi connectivity index (χ0n) is 16.5. The predicted octanol–water partition coefficient (Wildman–Crippen LogP) is 3.69. The third-order valence-corrected chi connectivity index (χ3v) is 4.93. The Morgan fingerprint density at radius 3 is 2.74 bits per heavy atom. The highest BCUT2D eigenvalue weighted by molar-refractivity contribution is 6.05. The number of nitrogens with zero attached hydrogens (tertiary/aromatic N) is 4. The minimum Gasteiger partial charge on any atom is -0.467 e. The summed E-state index contributed by atoms with van der Waals surface area (Å²) in [6.45, 7) is 1.71. The van der Waals surface area contributed by atoms with Crippen LogP contribution in [0.1, 0.15) is 39.4 Å². The van der Waals surface area contributed by atoms with Crippen LogP contribution in [-0.2, 0) is 0 Å². The Morgan fingerprint density at radius 2 is 2.00 bits per heavy atom. The number of halogens is 2. The molecule has 0 bridgehead atoms. The van der Waals surface area contributed by atoms with E-state index in [1.165, 1.54) is 47.4 Å². The van der Waals surface area contributed by atoms with Gasteiger partial charge in [-0.25, -0.2) is 18.3 Å². The molecule has 1 atom stereocenters. The fourth-order valence-corrected chi connectivity index (χ4v) is 3.05. The monoisotopic (exact) mass is 425 g/mol. The first kappa shape index (κ1) is 20.2. The van der Waals surface area contributed by atoms with E-state index in [-0.39, 0.29) is 16.8 Å². The summed E-state index contributed by atoms with van der Waals surface area (Å²) in [4.78, 5) is 30.6. The zero-order chi connectivity index (χ0) is 22.1. The van der Waals surface area contributed by atoms with Gasteiger partial charge in [0.05, 0.1) is 23.6 Å². The van der Waals surface area contributed by atoms with Gasteiger partial charge in [0.15, 0.2) is 5.65 Å². The molecule has 0 radical (unpaired) electrons. The van der Waals surface area contributed by atoms with Crippen LogP contribution in [0.4, 0.5) is 14.5 Å². The van der Waals surface area contributed by atoms with Gasteiger partial charge in [-0.15, -0.1) is 0 Å². The number of carbonyl (C=O) groups is 2. The van der Waals surface area contributed by atoms with Crippen molar-refractivity contribution in [3.63, 3.8) is 0 Å². The number of rotatable bonds is 5. The molecule has 3 aromatic heterocycles. The fraction of sp³-hybridized carbons (Fsp3) is 0.143. The van der Waals surface area contributed by atoms with E-state index in [2.05, 4.69) is 15.4 Å². The molecule has 1 aromatic carbocycles. The molecular weight excluding hydrogens is 408 g/mol. The highest BCUT2D eigenvalue weighted by atomic mass is 19.1. The fourth-order valence-electron chi connectivity index (χ4n) is 3.05. The molecule has 31 heavy (non-hydrogen) atoms. The lowest BCUT2D eigenvalue weighted by atomic mass is 10.1. The summed E-state index contributed by atoms with van der Waals surface area (Å²) in [5.41, 5.74) is -0.0852. The molecule has 4 aromatic rings. The van der Waals surface area contributed by atoms with Crippen LogP contribution in [0, 0.1) is 11.6 Å². The molecule has 10 heteroatoms. The van der Waals surface area contributed by atoms with Gasteiger partial charge in [-0.3, -0.25) is 9.59 Å². The Bertz CT molecular complexity index is 1270. The average molecular weight is 425 g/mol. The first-order valence-electron chi connectivity index (χ1n) is 9.25. The number of carbonyl (C=O) groups excluding carboxylic acids is 2. The van der Waals surface area contributed by atoms with Gasteiger partial charge in [-0.05, 0) is 37.3 Å². The molecule has 4 rings (SSSR count). The molecular formula is C21H17F2N5O3. The molecule has 3 heterocycles. The van der Waals surface area contributed by atoms with Crippen LogP contribution >= 0.6 is 0 Å². The minimum atomic E-state index is -1.04. The zero-order valence-corrected chi connectivity index (χ0v) is 16.5. The predicted molar refractivity (Wildman–Crippen MR) is 107 cm³/mol. The van der Waals surface area contributed by atoms with E-state index in [1.54, 1.807) is 19.1 Å². The molecule has 2 amide bonds. The lowest BCUT2D eigenvalue weighted by Crippen LogP contribution is -2.30. The molecule has 1 unspecified atom stereocenters. The van der Waals surface area contributed by atoms with E-state index in [0.717, 1.165) is 6.07 Å². The van der Waals surface area contributed by atoms with Crippen LogP contribution in [0.15, 0.2) is 59.6 Å². The number of fused-ring (bicyclic) bond motifs is 1. The molecule has 0 fully saturated rings. The van der Waals surface area contributed by atoms with Gasteiger partial charge in [0.25, 0.3) is 11.8 Å². The Labute approximate surface area is 175 Å². The van der Waals surface area contributed by atoms with Gasteiger partial charge in [-0.1, -0.05) is 0 Å². The SMILES string of the molecule is CC(c1ccco1)N(C)C(=O)c1cc(NC(=O)c2ccn3ncnc3c2)c(F)cc1F. The molecule has 0 saturated heterocycles. The van der Waals surface area contributed by atoms with Gasteiger partial charge < -0.3 is 14.6 Å². The number of benzene rings is 1. The van der Waals surface area contributed by atoms with E-state index < -0.39 is 29.5 Å².